The zero-order valence-corrected chi connectivity index (χ0v) is 34.8. The third kappa shape index (κ3) is 14.1. The minimum Gasteiger partial charge on any atom is -0.460 e. The van der Waals surface area contributed by atoms with Gasteiger partial charge >= 0.3 is 18.2 Å². The maximum Gasteiger partial charge on any atom is 0.414 e. The van der Waals surface area contributed by atoms with Crippen molar-refractivity contribution in [3.8, 4) is 0 Å². The number of benzene rings is 1. The number of carbonyl (C=O) groups is 5. The van der Waals surface area contributed by atoms with E-state index >= 15 is 0 Å². The first-order valence-electron chi connectivity index (χ1n) is 18.0. The van der Waals surface area contributed by atoms with Gasteiger partial charge in [0, 0.05) is 29.7 Å². The Morgan fingerprint density at radius 2 is 1.64 bits per heavy atom. The third-order valence-electron chi connectivity index (χ3n) is 8.82. The molecule has 1 aromatic heterocycles. The van der Waals surface area contributed by atoms with Crippen molar-refractivity contribution in [2.24, 2.45) is 17.3 Å². The molecule has 1 fully saturated rings. The fourth-order valence-corrected chi connectivity index (χ4v) is 5.80. The number of hydrogen-bond acceptors (Lipinski definition) is 9. The predicted octanol–water partition coefficient (Wildman–Crippen LogP) is 7.55. The number of fused-ring (bicyclic) bond motifs is 1. The Morgan fingerprint density at radius 1 is 1.00 bits per heavy atom. The largest absolute Gasteiger partial charge is 0.460 e. The van der Waals surface area contributed by atoms with Crippen molar-refractivity contribution >= 4 is 81.4 Å². The number of nitrogens with one attached hydrogen (secondary N) is 3. The summed E-state index contributed by atoms with van der Waals surface area (Å²) in [5, 5.41) is 6.35. The number of alkyl halides is 6. The number of ketones is 1. The SMILES string of the molecule is CC(C)[C@H](CC(=O)C(C)(C)/C=C/c1ccc2ccc([C@H](NC(=O)OC(C)(C)C)C(F)(F)F)nc2c1)C(=O)N[C@@H](C)C(=O)N1CCC[C@@H](C(=O)OCC(Cl)(Cl)Cl)N1. The number of Topliss-reactive ketones (excluding diaryl/α,β-unsaturated/α-hetero) is 1. The van der Waals surface area contributed by atoms with Crippen LogP contribution in [0.5, 0.6) is 0 Å². The quantitative estimate of drug-likeness (QED) is 0.137. The summed E-state index contributed by atoms with van der Waals surface area (Å²) in [7, 11) is 0. The molecule has 3 amide bonds. The molecule has 2 heterocycles. The predicted molar refractivity (Wildman–Crippen MR) is 207 cm³/mol. The number of rotatable bonds is 13. The van der Waals surface area contributed by atoms with Gasteiger partial charge in [-0.3, -0.25) is 29.2 Å². The number of allylic oxidation sites excluding steroid dienone is 1. The number of nitrogens with zero attached hydrogens (tertiary/aromatic N) is 2. The zero-order chi connectivity index (χ0) is 42.4. The molecular formula is C38H49Cl3F3N5O7. The molecule has 4 atom stereocenters. The molecule has 0 radical (unpaired) electrons. The van der Waals surface area contributed by atoms with E-state index < -0.39 is 81.2 Å². The Labute approximate surface area is 339 Å². The second-order valence-corrected chi connectivity index (χ2v) is 18.1. The van der Waals surface area contributed by atoms with Crippen LogP contribution < -0.4 is 16.1 Å². The number of pyridine rings is 1. The third-order valence-corrected chi connectivity index (χ3v) is 9.15. The Bertz CT molecular complexity index is 1790. The van der Waals surface area contributed by atoms with Gasteiger partial charge in [-0.1, -0.05) is 79.0 Å². The molecule has 0 saturated carbocycles. The number of alkyl carbamates (subject to hydrolysis) is 1. The number of carbonyl (C=O) groups excluding carboxylic acids is 5. The van der Waals surface area contributed by atoms with E-state index in [1.807, 2.05) is 5.32 Å². The van der Waals surface area contributed by atoms with E-state index in [9.17, 15) is 37.1 Å². The van der Waals surface area contributed by atoms with Crippen LogP contribution in [0.1, 0.15) is 92.0 Å². The van der Waals surface area contributed by atoms with Crippen molar-refractivity contribution < 1.29 is 46.6 Å². The Balaban J connectivity index is 1.69. The van der Waals surface area contributed by atoms with Gasteiger partial charge in [0.1, 0.15) is 30.1 Å². The van der Waals surface area contributed by atoms with Gasteiger partial charge in [0.05, 0.1) is 11.2 Å². The zero-order valence-electron chi connectivity index (χ0n) is 32.5. The van der Waals surface area contributed by atoms with Gasteiger partial charge in [0.15, 0.2) is 6.04 Å². The van der Waals surface area contributed by atoms with Crippen molar-refractivity contribution in [2.45, 2.75) is 108 Å². The van der Waals surface area contributed by atoms with Gasteiger partial charge in [0.2, 0.25) is 9.70 Å². The molecule has 3 rings (SSSR count). The van der Waals surface area contributed by atoms with Crippen molar-refractivity contribution in [1.29, 1.82) is 0 Å². The molecule has 0 spiro atoms. The van der Waals surface area contributed by atoms with Crippen molar-refractivity contribution in [3.63, 3.8) is 0 Å². The van der Waals surface area contributed by atoms with Crippen LogP contribution in [-0.2, 0) is 28.7 Å². The van der Waals surface area contributed by atoms with Gasteiger partial charge in [0.25, 0.3) is 5.91 Å². The van der Waals surface area contributed by atoms with Gasteiger partial charge in [-0.25, -0.2) is 10.2 Å². The van der Waals surface area contributed by atoms with E-state index in [1.54, 1.807) is 58.0 Å². The molecule has 1 aliphatic rings. The van der Waals surface area contributed by atoms with E-state index in [2.05, 4.69) is 15.7 Å². The maximum absolute atomic E-state index is 14.0. The second kappa shape index (κ2) is 18.7. The van der Waals surface area contributed by atoms with Crippen LogP contribution in [-0.4, -0.2) is 80.5 Å². The van der Waals surface area contributed by atoms with Gasteiger partial charge in [-0.05, 0) is 78.0 Å². The summed E-state index contributed by atoms with van der Waals surface area (Å²) in [5.74, 6) is -3.03. The highest BCUT2D eigenvalue weighted by molar-refractivity contribution is 6.67. The maximum atomic E-state index is 14.0. The van der Waals surface area contributed by atoms with Crippen LogP contribution >= 0.6 is 34.8 Å². The van der Waals surface area contributed by atoms with Crippen molar-refractivity contribution in [1.82, 2.24) is 26.1 Å². The Kier molecular flexibility index (Phi) is 15.6. The summed E-state index contributed by atoms with van der Waals surface area (Å²) in [6.07, 6.45) is -2.12. The topological polar surface area (TPSA) is 156 Å². The number of ether oxygens (including phenoxy) is 2. The monoisotopic (exact) mass is 849 g/mol. The minimum atomic E-state index is -4.86. The van der Waals surface area contributed by atoms with E-state index in [1.165, 1.54) is 44.8 Å². The highest BCUT2D eigenvalue weighted by Gasteiger charge is 2.44. The molecule has 1 saturated heterocycles. The Morgan fingerprint density at radius 3 is 2.23 bits per heavy atom. The smallest absolute Gasteiger partial charge is 0.414 e. The fraction of sp³-hybridized carbons (Fsp3) is 0.579. The van der Waals surface area contributed by atoms with Gasteiger partial charge in [-0.2, -0.15) is 13.2 Å². The lowest BCUT2D eigenvalue weighted by Crippen LogP contribution is -2.60. The summed E-state index contributed by atoms with van der Waals surface area (Å²) in [5.41, 5.74) is 1.06. The second-order valence-electron chi connectivity index (χ2n) is 15.6. The summed E-state index contributed by atoms with van der Waals surface area (Å²) < 4.78 is 50.4. The van der Waals surface area contributed by atoms with E-state index in [4.69, 9.17) is 44.3 Å². The number of halogens is 6. The van der Waals surface area contributed by atoms with E-state index in [-0.39, 0.29) is 30.2 Å². The molecule has 3 N–H and O–H groups in total. The first-order valence-corrected chi connectivity index (χ1v) is 19.1. The summed E-state index contributed by atoms with van der Waals surface area (Å²) in [6, 6.07) is 3.31. The highest BCUT2D eigenvalue weighted by Crippen LogP contribution is 2.34. The van der Waals surface area contributed by atoms with Crippen LogP contribution in [0.15, 0.2) is 36.4 Å². The first-order chi connectivity index (χ1) is 25.7. The average Bonchev–Trinajstić information content (AvgIpc) is 3.08. The molecule has 0 unspecified atom stereocenters. The molecule has 0 aliphatic carbocycles. The van der Waals surface area contributed by atoms with Crippen LogP contribution in [0, 0.1) is 17.3 Å². The van der Waals surface area contributed by atoms with Crippen LogP contribution in [0.3, 0.4) is 0 Å². The molecular weight excluding hydrogens is 802 g/mol. The lowest BCUT2D eigenvalue weighted by atomic mass is 9.79. The minimum absolute atomic E-state index is 0.146. The number of esters is 1. The Hall–Kier alpha value is -3.66. The molecule has 18 heteroatoms. The summed E-state index contributed by atoms with van der Waals surface area (Å²) in [4.78, 5) is 69.2. The number of amides is 3. The lowest BCUT2D eigenvalue weighted by molar-refractivity contribution is -0.157. The fourth-order valence-electron chi connectivity index (χ4n) is 5.64. The first kappa shape index (κ1) is 46.7. The van der Waals surface area contributed by atoms with Crippen LogP contribution in [0.2, 0.25) is 0 Å². The summed E-state index contributed by atoms with van der Waals surface area (Å²) in [6.45, 7) is 12.8. The number of hydrogen-bond donors (Lipinski definition) is 3. The number of aromatic nitrogens is 1. The van der Waals surface area contributed by atoms with Crippen molar-refractivity contribution in [3.05, 3.63) is 47.7 Å². The van der Waals surface area contributed by atoms with Gasteiger partial charge in [-0.15, -0.1) is 0 Å². The molecule has 1 aromatic carbocycles. The summed E-state index contributed by atoms with van der Waals surface area (Å²) >= 11 is 17.0. The molecule has 2 aromatic rings. The van der Waals surface area contributed by atoms with E-state index in [0.29, 0.717) is 23.8 Å². The van der Waals surface area contributed by atoms with Gasteiger partial charge < -0.3 is 20.1 Å². The molecule has 12 nitrogen and oxygen atoms in total. The molecule has 1 aliphatic heterocycles. The van der Waals surface area contributed by atoms with Crippen LogP contribution in [0.4, 0.5) is 18.0 Å². The standard InChI is InChI=1S/C38H49Cl3F3N5O7/c1-21(2)25(31(51)45-22(3)32(52)49-17-9-10-27(48-49)33(53)55-20-37(39,40)41)19-29(50)36(7,8)16-15-23-11-12-24-13-14-26(46-28(24)18-23)30(38(42,43)44)47-34(54)56-35(4,5)6/h11-16,18,21-22,25,27,30,48H,9-10,17,19-20H2,1-8H3,(H,45,51)(H,47,54)/b16-15+/t22-,25-,27-,30-/m0/s1. The van der Waals surface area contributed by atoms with Crippen LogP contribution in [0.25, 0.3) is 17.0 Å². The average molecular weight is 851 g/mol. The number of hydrazine groups is 1. The normalized spacial score (nSPS) is 17.3. The molecule has 56 heavy (non-hydrogen) atoms. The lowest BCUT2D eigenvalue weighted by Gasteiger charge is -2.34. The highest BCUT2D eigenvalue weighted by atomic mass is 35.6. The molecule has 310 valence electrons. The molecule has 0 bridgehead atoms. The van der Waals surface area contributed by atoms with E-state index in [0.717, 1.165) is 0 Å². The van der Waals surface area contributed by atoms with Crippen molar-refractivity contribution in [2.75, 3.05) is 13.2 Å².